The zero-order chi connectivity index (χ0) is 25.3. The Morgan fingerprint density at radius 1 is 1.11 bits per heavy atom. The lowest BCUT2D eigenvalue weighted by Crippen LogP contribution is -2.63. The van der Waals surface area contributed by atoms with Crippen LogP contribution in [0, 0.1) is 16.7 Å². The summed E-state index contributed by atoms with van der Waals surface area (Å²) in [6.45, 7) is 7.08. The van der Waals surface area contributed by atoms with Crippen LogP contribution < -0.4 is 0 Å². The number of aromatic nitrogens is 1. The largest absolute Gasteiger partial charge is 0.443 e. The quantitative estimate of drug-likeness (QED) is 0.649. The summed E-state index contributed by atoms with van der Waals surface area (Å²) in [5, 5.41) is 22.2. The van der Waals surface area contributed by atoms with E-state index in [4.69, 9.17) is 9.15 Å². The summed E-state index contributed by atoms with van der Waals surface area (Å²) in [6, 6.07) is 6.20. The van der Waals surface area contributed by atoms with E-state index in [-0.39, 0.29) is 28.4 Å². The second kappa shape index (κ2) is 6.98. The molecule has 7 rings (SSSR count). The Balaban J connectivity index is 1.37. The predicted octanol–water partition coefficient (Wildman–Crippen LogP) is 4.49. The first-order chi connectivity index (χ1) is 17.0. The Kier molecular flexibility index (Phi) is 4.45. The molecular formula is C30H36N2O4. The highest BCUT2D eigenvalue weighted by Crippen LogP contribution is 2.71. The van der Waals surface area contributed by atoms with Gasteiger partial charge in [-0.2, -0.15) is 0 Å². The van der Waals surface area contributed by atoms with E-state index in [1.807, 2.05) is 25.1 Å². The second-order valence-corrected chi connectivity index (χ2v) is 12.7. The summed E-state index contributed by atoms with van der Waals surface area (Å²) in [6.07, 6.45) is 10.3. The minimum atomic E-state index is -0.911. The average molecular weight is 489 g/mol. The lowest BCUT2D eigenvalue weighted by Gasteiger charge is -2.60. The lowest BCUT2D eigenvalue weighted by molar-refractivity contribution is -0.170. The fourth-order valence-electron chi connectivity index (χ4n) is 8.54. The summed E-state index contributed by atoms with van der Waals surface area (Å²) in [5.74, 6) is 0.280. The number of ether oxygens (including phenoxy) is 1. The van der Waals surface area contributed by atoms with E-state index in [0.717, 1.165) is 35.9 Å². The third-order valence-electron chi connectivity index (χ3n) is 10.7. The fourth-order valence-corrected chi connectivity index (χ4v) is 8.54. The zero-order valence-corrected chi connectivity index (χ0v) is 21.8. The summed E-state index contributed by atoms with van der Waals surface area (Å²) in [7, 11) is 3.95. The van der Waals surface area contributed by atoms with Gasteiger partial charge in [-0.1, -0.05) is 45.1 Å². The van der Waals surface area contributed by atoms with Crippen molar-refractivity contribution in [3.8, 4) is 0 Å². The number of nitrogens with zero attached hydrogens (tertiary/aromatic N) is 2. The van der Waals surface area contributed by atoms with Gasteiger partial charge in [-0.3, -0.25) is 0 Å². The summed E-state index contributed by atoms with van der Waals surface area (Å²) in [4.78, 5) is 6.44. The van der Waals surface area contributed by atoms with Crippen molar-refractivity contribution in [2.45, 2.75) is 75.9 Å². The van der Waals surface area contributed by atoms with Crippen molar-refractivity contribution >= 4 is 16.7 Å². The number of likely N-dealkylation sites (N-methyl/N-ethyl adjacent to an activating group) is 1. The number of oxazole rings is 1. The van der Waals surface area contributed by atoms with E-state index < -0.39 is 17.8 Å². The Morgan fingerprint density at radius 2 is 1.92 bits per heavy atom. The van der Waals surface area contributed by atoms with Crippen LogP contribution in [0.5, 0.6) is 0 Å². The molecule has 1 saturated heterocycles. The molecule has 2 aromatic rings. The Morgan fingerprint density at radius 3 is 2.69 bits per heavy atom. The molecule has 0 radical (unpaired) electrons. The van der Waals surface area contributed by atoms with Crippen molar-refractivity contribution in [3.63, 3.8) is 0 Å². The van der Waals surface area contributed by atoms with Crippen molar-refractivity contribution in [1.82, 2.24) is 9.88 Å². The van der Waals surface area contributed by atoms with Crippen LogP contribution in [0.25, 0.3) is 16.7 Å². The Labute approximate surface area is 212 Å². The Bertz CT molecular complexity index is 1370. The number of aliphatic hydroxyl groups excluding tert-OH is 2. The molecule has 7 atom stereocenters. The molecule has 3 aliphatic carbocycles. The third-order valence-corrected chi connectivity index (χ3v) is 10.7. The van der Waals surface area contributed by atoms with Crippen LogP contribution in [-0.2, 0) is 4.74 Å². The van der Waals surface area contributed by atoms with Crippen LogP contribution in [0.2, 0.25) is 0 Å². The molecule has 6 heteroatoms. The van der Waals surface area contributed by atoms with Crippen molar-refractivity contribution in [1.29, 1.82) is 0 Å². The summed E-state index contributed by atoms with van der Waals surface area (Å²) >= 11 is 0. The number of rotatable bonds is 2. The summed E-state index contributed by atoms with van der Waals surface area (Å²) in [5.41, 5.74) is 5.12. The molecule has 2 spiro atoms. The van der Waals surface area contributed by atoms with Crippen LogP contribution in [0.4, 0.5) is 0 Å². The normalized spacial score (nSPS) is 42.5. The second-order valence-electron chi connectivity index (χ2n) is 12.7. The highest BCUT2D eigenvalue weighted by molar-refractivity contribution is 5.82. The third kappa shape index (κ3) is 2.59. The minimum absolute atomic E-state index is 0.140. The maximum atomic E-state index is 11.2. The predicted molar refractivity (Wildman–Crippen MR) is 138 cm³/mol. The van der Waals surface area contributed by atoms with Gasteiger partial charge in [0, 0.05) is 17.4 Å². The molecule has 0 amide bonds. The highest BCUT2D eigenvalue weighted by Gasteiger charge is 2.70. The number of aliphatic hydroxyl groups is 2. The minimum Gasteiger partial charge on any atom is -0.443 e. The van der Waals surface area contributed by atoms with E-state index >= 15 is 0 Å². The molecule has 1 aromatic carbocycles. The monoisotopic (exact) mass is 488 g/mol. The van der Waals surface area contributed by atoms with E-state index in [1.54, 1.807) is 0 Å². The van der Waals surface area contributed by atoms with Crippen LogP contribution in [0.3, 0.4) is 0 Å². The van der Waals surface area contributed by atoms with E-state index in [2.05, 4.69) is 56.1 Å². The smallest absolute Gasteiger partial charge is 0.181 e. The molecule has 1 unspecified atom stereocenters. The van der Waals surface area contributed by atoms with E-state index in [1.165, 1.54) is 23.1 Å². The van der Waals surface area contributed by atoms with Gasteiger partial charge < -0.3 is 24.3 Å². The van der Waals surface area contributed by atoms with E-state index in [9.17, 15) is 10.2 Å². The molecule has 36 heavy (non-hydrogen) atoms. The van der Waals surface area contributed by atoms with E-state index in [0.29, 0.717) is 6.42 Å². The van der Waals surface area contributed by atoms with Gasteiger partial charge in [0.15, 0.2) is 12.0 Å². The molecule has 1 saturated carbocycles. The SMILES string of the molecule is CN(C)[C@H]1C[C@@]23CC[C@@]4(O2)C(=CC(C)(C)[C@]2(C)C(c5ccc6ocnc6c5)=CCC42)C=C3[C@@H](O)[C@@H]1O. The Hall–Kier alpha value is -2.25. The molecule has 5 aliphatic rings. The van der Waals surface area contributed by atoms with Gasteiger partial charge in [0.25, 0.3) is 0 Å². The van der Waals surface area contributed by atoms with Crippen LogP contribution in [0.1, 0.15) is 52.0 Å². The molecule has 2 aliphatic heterocycles. The van der Waals surface area contributed by atoms with Gasteiger partial charge in [-0.05, 0) is 79.6 Å². The molecule has 2 bridgehead atoms. The molecule has 6 nitrogen and oxygen atoms in total. The number of benzene rings is 1. The van der Waals surface area contributed by atoms with Crippen molar-refractivity contribution in [2.24, 2.45) is 16.7 Å². The highest BCUT2D eigenvalue weighted by atomic mass is 16.5. The van der Waals surface area contributed by atoms with Gasteiger partial charge in [-0.15, -0.1) is 0 Å². The van der Waals surface area contributed by atoms with Crippen molar-refractivity contribution in [2.75, 3.05) is 14.1 Å². The first-order valence-electron chi connectivity index (χ1n) is 13.2. The maximum Gasteiger partial charge on any atom is 0.181 e. The van der Waals surface area contributed by atoms with Gasteiger partial charge in [0.2, 0.25) is 0 Å². The standard InChI is InChI=1S/C30H36N2O4/c1-27(2)14-18-13-20-25(33)26(34)22(32(4)5)15-29(20)10-11-30(18,36-29)24-9-7-19(28(24,27)3)17-6-8-23-21(12-17)31-16-35-23/h6-8,12-14,16,22,24-26,33-34H,9-11,15H2,1-5H3/t22-,24?,25+,26+,28+,29+,30+/m0/s1. The maximum absolute atomic E-state index is 11.2. The van der Waals surface area contributed by atoms with Crippen LogP contribution in [-0.4, -0.2) is 63.6 Å². The van der Waals surface area contributed by atoms with Gasteiger partial charge in [0.05, 0.1) is 17.3 Å². The number of hydrogen-bond donors (Lipinski definition) is 2. The van der Waals surface area contributed by atoms with Gasteiger partial charge in [-0.25, -0.2) is 4.98 Å². The molecule has 3 heterocycles. The number of hydrogen-bond acceptors (Lipinski definition) is 6. The molecule has 1 aromatic heterocycles. The summed E-state index contributed by atoms with van der Waals surface area (Å²) < 4.78 is 12.8. The molecule has 2 fully saturated rings. The van der Waals surface area contributed by atoms with Crippen LogP contribution in [0.15, 0.2) is 58.4 Å². The molecule has 2 N–H and O–H groups in total. The van der Waals surface area contributed by atoms with Crippen molar-refractivity contribution < 1.29 is 19.4 Å². The topological polar surface area (TPSA) is 79.0 Å². The zero-order valence-electron chi connectivity index (χ0n) is 21.8. The molecule has 190 valence electrons. The number of fused-ring (bicyclic) bond motifs is 2. The van der Waals surface area contributed by atoms with Gasteiger partial charge in [0.1, 0.15) is 11.6 Å². The van der Waals surface area contributed by atoms with Crippen molar-refractivity contribution in [3.05, 3.63) is 59.5 Å². The average Bonchev–Trinajstić information content (AvgIpc) is 3.52. The first-order valence-corrected chi connectivity index (χ1v) is 13.2. The fraction of sp³-hybridized carbons (Fsp3) is 0.567. The number of allylic oxidation sites excluding steroid dienone is 3. The first kappa shape index (κ1) is 22.9. The van der Waals surface area contributed by atoms with Crippen LogP contribution >= 0.6 is 0 Å². The molecular weight excluding hydrogens is 452 g/mol. The van der Waals surface area contributed by atoms with Gasteiger partial charge >= 0.3 is 0 Å². The lowest BCUT2D eigenvalue weighted by atomic mass is 9.49.